The SMILES string of the molecule is CNC(CCS(C)(=O)=O)C1CCC2CCCCC2C1. The van der Waals surface area contributed by atoms with Crippen molar-refractivity contribution in [3.05, 3.63) is 0 Å². The van der Waals surface area contributed by atoms with E-state index < -0.39 is 9.84 Å². The van der Waals surface area contributed by atoms with E-state index in [0.717, 1.165) is 18.3 Å². The topological polar surface area (TPSA) is 46.2 Å². The third kappa shape index (κ3) is 4.45. The highest BCUT2D eigenvalue weighted by atomic mass is 32.2. The highest BCUT2D eigenvalue weighted by molar-refractivity contribution is 7.90. The third-order valence-corrected chi connectivity index (χ3v) is 6.30. The molecule has 0 aromatic heterocycles. The Hall–Kier alpha value is -0.0900. The summed E-state index contributed by atoms with van der Waals surface area (Å²) in [5.74, 6) is 2.90. The zero-order chi connectivity index (χ0) is 13.9. The summed E-state index contributed by atoms with van der Waals surface area (Å²) in [6, 6.07) is 0.387. The molecule has 2 fully saturated rings. The Kier molecular flexibility index (Phi) is 5.29. The third-order valence-electron chi connectivity index (χ3n) is 5.32. The second kappa shape index (κ2) is 6.57. The van der Waals surface area contributed by atoms with Crippen LogP contribution in [0.15, 0.2) is 0 Å². The normalized spacial score (nSPS) is 33.7. The standard InChI is InChI=1S/C15H29NO2S/c1-16-15(9-10-19(2,17)18)14-8-7-12-5-3-4-6-13(12)11-14/h12-16H,3-11H2,1-2H3. The smallest absolute Gasteiger partial charge is 0.147 e. The van der Waals surface area contributed by atoms with E-state index in [0.29, 0.717) is 17.7 Å². The van der Waals surface area contributed by atoms with Crippen LogP contribution in [0.25, 0.3) is 0 Å². The van der Waals surface area contributed by atoms with Gasteiger partial charge in [0, 0.05) is 12.3 Å². The summed E-state index contributed by atoms with van der Waals surface area (Å²) in [6.07, 6.45) is 11.8. The maximum Gasteiger partial charge on any atom is 0.147 e. The summed E-state index contributed by atoms with van der Waals surface area (Å²) in [6.45, 7) is 0. The van der Waals surface area contributed by atoms with E-state index in [1.165, 1.54) is 51.2 Å². The number of rotatable bonds is 5. The van der Waals surface area contributed by atoms with E-state index in [1.807, 2.05) is 7.05 Å². The molecule has 4 heteroatoms. The van der Waals surface area contributed by atoms with Gasteiger partial charge in [0.2, 0.25) is 0 Å². The molecular weight excluding hydrogens is 258 g/mol. The molecule has 4 unspecified atom stereocenters. The zero-order valence-electron chi connectivity index (χ0n) is 12.4. The molecule has 0 aromatic carbocycles. The Morgan fingerprint density at radius 2 is 1.79 bits per heavy atom. The van der Waals surface area contributed by atoms with Crippen LogP contribution in [-0.4, -0.2) is 33.5 Å². The molecule has 0 spiro atoms. The summed E-state index contributed by atoms with van der Waals surface area (Å²) in [4.78, 5) is 0. The second-order valence-electron chi connectivity index (χ2n) is 6.69. The van der Waals surface area contributed by atoms with E-state index >= 15 is 0 Å². The molecule has 2 aliphatic carbocycles. The summed E-state index contributed by atoms with van der Waals surface area (Å²) in [7, 11) is -0.845. The number of nitrogens with one attached hydrogen (secondary N) is 1. The van der Waals surface area contributed by atoms with Crippen molar-refractivity contribution in [3.63, 3.8) is 0 Å². The van der Waals surface area contributed by atoms with Crippen LogP contribution in [0.4, 0.5) is 0 Å². The molecule has 0 aliphatic heterocycles. The first-order chi connectivity index (χ1) is 8.99. The Morgan fingerprint density at radius 3 is 2.42 bits per heavy atom. The predicted molar refractivity (Wildman–Crippen MR) is 80.0 cm³/mol. The zero-order valence-corrected chi connectivity index (χ0v) is 13.2. The fourth-order valence-corrected chi connectivity index (χ4v) is 4.91. The van der Waals surface area contributed by atoms with Gasteiger partial charge >= 0.3 is 0 Å². The van der Waals surface area contributed by atoms with E-state index in [4.69, 9.17) is 0 Å². The predicted octanol–water partition coefficient (Wildman–Crippen LogP) is 2.62. The molecule has 2 aliphatic rings. The van der Waals surface area contributed by atoms with Crippen molar-refractivity contribution in [2.24, 2.45) is 17.8 Å². The van der Waals surface area contributed by atoms with Gasteiger partial charge in [-0.05, 0) is 50.5 Å². The van der Waals surface area contributed by atoms with Gasteiger partial charge in [0.1, 0.15) is 9.84 Å². The van der Waals surface area contributed by atoms with Crippen molar-refractivity contribution in [1.29, 1.82) is 0 Å². The number of hydrogen-bond donors (Lipinski definition) is 1. The van der Waals surface area contributed by atoms with Crippen LogP contribution in [0.5, 0.6) is 0 Å². The van der Waals surface area contributed by atoms with Crippen LogP contribution in [0.1, 0.15) is 51.4 Å². The van der Waals surface area contributed by atoms with Gasteiger partial charge in [-0.15, -0.1) is 0 Å². The average molecular weight is 287 g/mol. The highest BCUT2D eigenvalue weighted by Crippen LogP contribution is 2.43. The molecule has 0 amide bonds. The van der Waals surface area contributed by atoms with Gasteiger partial charge in [0.15, 0.2) is 0 Å². The molecule has 112 valence electrons. The molecule has 19 heavy (non-hydrogen) atoms. The molecular formula is C15H29NO2S. The summed E-state index contributed by atoms with van der Waals surface area (Å²) < 4.78 is 22.7. The summed E-state index contributed by atoms with van der Waals surface area (Å²) >= 11 is 0. The van der Waals surface area contributed by atoms with Crippen LogP contribution in [0.3, 0.4) is 0 Å². The molecule has 0 saturated heterocycles. The molecule has 0 heterocycles. The number of sulfone groups is 1. The van der Waals surface area contributed by atoms with Gasteiger partial charge in [-0.2, -0.15) is 0 Å². The molecule has 0 bridgehead atoms. The lowest BCUT2D eigenvalue weighted by molar-refractivity contribution is 0.110. The van der Waals surface area contributed by atoms with Crippen molar-refractivity contribution in [1.82, 2.24) is 5.32 Å². The van der Waals surface area contributed by atoms with Crippen LogP contribution in [0, 0.1) is 17.8 Å². The van der Waals surface area contributed by atoms with Crippen LogP contribution in [0.2, 0.25) is 0 Å². The lowest BCUT2D eigenvalue weighted by Crippen LogP contribution is -2.40. The summed E-state index contributed by atoms with van der Waals surface area (Å²) in [5.41, 5.74) is 0. The van der Waals surface area contributed by atoms with Crippen molar-refractivity contribution in [3.8, 4) is 0 Å². The first kappa shape index (κ1) is 15.3. The van der Waals surface area contributed by atoms with E-state index in [1.54, 1.807) is 0 Å². The van der Waals surface area contributed by atoms with Crippen molar-refractivity contribution < 1.29 is 8.42 Å². The largest absolute Gasteiger partial charge is 0.317 e. The van der Waals surface area contributed by atoms with Gasteiger partial charge in [-0.3, -0.25) is 0 Å². The second-order valence-corrected chi connectivity index (χ2v) is 8.95. The molecule has 2 saturated carbocycles. The average Bonchev–Trinajstić information content (AvgIpc) is 2.38. The maximum absolute atomic E-state index is 11.3. The maximum atomic E-state index is 11.3. The number of fused-ring (bicyclic) bond motifs is 1. The Balaban J connectivity index is 1.88. The van der Waals surface area contributed by atoms with Crippen LogP contribution in [-0.2, 0) is 9.84 Å². The fourth-order valence-electron chi connectivity index (χ4n) is 4.23. The van der Waals surface area contributed by atoms with E-state index in [9.17, 15) is 8.42 Å². The first-order valence-electron chi connectivity index (χ1n) is 7.84. The minimum absolute atomic E-state index is 0.323. The molecule has 0 aromatic rings. The van der Waals surface area contributed by atoms with Crippen molar-refractivity contribution in [2.45, 2.75) is 57.4 Å². The number of hydrogen-bond acceptors (Lipinski definition) is 3. The molecule has 0 radical (unpaired) electrons. The molecule has 4 atom stereocenters. The lowest BCUT2D eigenvalue weighted by atomic mass is 9.66. The van der Waals surface area contributed by atoms with Gasteiger partial charge in [-0.25, -0.2) is 8.42 Å². The van der Waals surface area contributed by atoms with Crippen molar-refractivity contribution >= 4 is 9.84 Å². The van der Waals surface area contributed by atoms with E-state index in [2.05, 4.69) is 5.32 Å². The molecule has 2 rings (SSSR count). The highest BCUT2D eigenvalue weighted by Gasteiger charge is 2.34. The molecule has 1 N–H and O–H groups in total. The Morgan fingerprint density at radius 1 is 1.11 bits per heavy atom. The van der Waals surface area contributed by atoms with Crippen LogP contribution >= 0.6 is 0 Å². The van der Waals surface area contributed by atoms with Crippen LogP contribution < -0.4 is 5.32 Å². The Bertz CT molecular complexity index is 380. The minimum Gasteiger partial charge on any atom is -0.317 e. The fraction of sp³-hybridized carbons (Fsp3) is 1.00. The van der Waals surface area contributed by atoms with Gasteiger partial charge in [-0.1, -0.05) is 25.7 Å². The lowest BCUT2D eigenvalue weighted by Gasteiger charge is -2.42. The van der Waals surface area contributed by atoms with E-state index in [-0.39, 0.29) is 0 Å². The molecule has 3 nitrogen and oxygen atoms in total. The first-order valence-corrected chi connectivity index (χ1v) is 9.90. The summed E-state index contributed by atoms with van der Waals surface area (Å²) in [5, 5.41) is 3.38. The van der Waals surface area contributed by atoms with Gasteiger partial charge in [0.25, 0.3) is 0 Å². The Labute approximate surface area is 118 Å². The van der Waals surface area contributed by atoms with Crippen molar-refractivity contribution in [2.75, 3.05) is 19.1 Å². The monoisotopic (exact) mass is 287 g/mol. The minimum atomic E-state index is -2.83. The van der Waals surface area contributed by atoms with Gasteiger partial charge < -0.3 is 5.32 Å². The quantitative estimate of drug-likeness (QED) is 0.845. The van der Waals surface area contributed by atoms with Gasteiger partial charge in [0.05, 0.1) is 5.75 Å².